The van der Waals surface area contributed by atoms with Crippen molar-refractivity contribution in [1.29, 1.82) is 0 Å². The van der Waals surface area contributed by atoms with Crippen molar-refractivity contribution in [3.8, 4) is 11.6 Å². The molecule has 0 spiro atoms. The molecule has 0 aliphatic heterocycles. The van der Waals surface area contributed by atoms with E-state index in [1.165, 1.54) is 6.20 Å². The lowest BCUT2D eigenvalue weighted by atomic mass is 10.1. The summed E-state index contributed by atoms with van der Waals surface area (Å²) in [6.07, 6.45) is 3.06. The summed E-state index contributed by atoms with van der Waals surface area (Å²) in [5.41, 5.74) is 0. The highest BCUT2D eigenvalue weighted by Crippen LogP contribution is 2.28. The lowest BCUT2D eigenvalue weighted by Gasteiger charge is -2.06. The van der Waals surface area contributed by atoms with E-state index in [1.807, 2.05) is 30.3 Å². The van der Waals surface area contributed by atoms with Gasteiger partial charge in [-0.15, -0.1) is 0 Å². The van der Waals surface area contributed by atoms with Crippen molar-refractivity contribution in [3.05, 3.63) is 58.4 Å². The topological polar surface area (TPSA) is 35.0 Å². The zero-order chi connectivity index (χ0) is 13.2. The van der Waals surface area contributed by atoms with Gasteiger partial charge in [-0.3, -0.25) is 0 Å². The van der Waals surface area contributed by atoms with Gasteiger partial charge in [0.25, 0.3) is 5.88 Å². The number of rotatable bonds is 2. The summed E-state index contributed by atoms with van der Waals surface area (Å²) >= 11 is 9.36. The molecule has 0 fully saturated rings. The maximum absolute atomic E-state index is 5.91. The molecule has 1 aromatic heterocycles. The summed E-state index contributed by atoms with van der Waals surface area (Å²) in [4.78, 5) is 7.96. The van der Waals surface area contributed by atoms with Gasteiger partial charge in [0.05, 0.1) is 0 Å². The van der Waals surface area contributed by atoms with E-state index in [4.69, 9.17) is 16.3 Å². The fraction of sp³-hybridized carbons (Fsp3) is 0. The normalized spacial score (nSPS) is 10.6. The predicted molar refractivity (Wildman–Crippen MR) is 78.8 cm³/mol. The number of fused-ring (bicyclic) bond motifs is 1. The Balaban J connectivity index is 1.98. The number of ether oxygens (including phenoxy) is 1. The van der Waals surface area contributed by atoms with Gasteiger partial charge in [-0.05, 0) is 35.0 Å². The molecule has 0 saturated carbocycles. The van der Waals surface area contributed by atoms with Gasteiger partial charge in [-0.1, -0.05) is 39.7 Å². The minimum absolute atomic E-state index is 0.249. The van der Waals surface area contributed by atoms with Crippen LogP contribution >= 0.6 is 27.5 Å². The molecule has 0 amide bonds. The first-order chi connectivity index (χ1) is 9.22. The Bertz CT molecular complexity index is 748. The van der Waals surface area contributed by atoms with Crippen molar-refractivity contribution < 1.29 is 4.74 Å². The van der Waals surface area contributed by atoms with Crippen molar-refractivity contribution in [2.45, 2.75) is 0 Å². The minimum Gasteiger partial charge on any atom is -0.436 e. The molecule has 5 heteroatoms. The Labute approximate surface area is 123 Å². The molecule has 0 aliphatic carbocycles. The van der Waals surface area contributed by atoms with E-state index in [1.54, 1.807) is 6.20 Å². The summed E-state index contributed by atoms with van der Waals surface area (Å²) in [5, 5.41) is 2.46. The lowest BCUT2D eigenvalue weighted by molar-refractivity contribution is 0.461. The van der Waals surface area contributed by atoms with Crippen LogP contribution in [0.4, 0.5) is 0 Å². The largest absolute Gasteiger partial charge is 0.436 e. The summed E-state index contributed by atoms with van der Waals surface area (Å²) < 4.78 is 6.68. The number of hydrogen-bond acceptors (Lipinski definition) is 3. The van der Waals surface area contributed by atoms with Crippen LogP contribution in [-0.4, -0.2) is 9.97 Å². The van der Waals surface area contributed by atoms with Crippen LogP contribution in [0.2, 0.25) is 5.15 Å². The third-order valence-electron chi connectivity index (χ3n) is 2.61. The van der Waals surface area contributed by atoms with Crippen LogP contribution in [-0.2, 0) is 0 Å². The van der Waals surface area contributed by atoms with Crippen LogP contribution in [0.1, 0.15) is 0 Å². The number of hydrogen-bond donors (Lipinski definition) is 0. The second-order valence-electron chi connectivity index (χ2n) is 3.91. The van der Waals surface area contributed by atoms with Crippen molar-refractivity contribution >= 4 is 38.3 Å². The Morgan fingerprint density at radius 3 is 2.53 bits per heavy atom. The van der Waals surface area contributed by atoms with Crippen molar-refractivity contribution in [2.24, 2.45) is 0 Å². The smallest absolute Gasteiger partial charge is 0.257 e. The molecule has 2 aromatic carbocycles. The average Bonchev–Trinajstić information content (AvgIpc) is 2.41. The Kier molecular flexibility index (Phi) is 3.36. The van der Waals surface area contributed by atoms with Crippen molar-refractivity contribution in [1.82, 2.24) is 9.97 Å². The Hall–Kier alpha value is -1.65. The third-order valence-corrected chi connectivity index (χ3v) is 3.36. The van der Waals surface area contributed by atoms with Gasteiger partial charge in [0.2, 0.25) is 0 Å². The van der Waals surface area contributed by atoms with Gasteiger partial charge in [-0.25, -0.2) is 9.97 Å². The molecular weight excluding hydrogens is 328 g/mol. The molecule has 3 aromatic rings. The molecule has 0 saturated heterocycles. The van der Waals surface area contributed by atoms with Gasteiger partial charge in [0.15, 0.2) is 5.15 Å². The molecule has 0 bridgehead atoms. The van der Waals surface area contributed by atoms with Crippen molar-refractivity contribution in [3.63, 3.8) is 0 Å². The standard InChI is InChI=1S/C14H8BrClN2O/c15-11-3-1-10-8-12(4-2-9(10)7-11)19-14-13(16)17-5-6-18-14/h1-8H. The van der Waals surface area contributed by atoms with Gasteiger partial charge in [0, 0.05) is 16.9 Å². The highest BCUT2D eigenvalue weighted by molar-refractivity contribution is 9.10. The van der Waals surface area contributed by atoms with Crippen LogP contribution in [0.3, 0.4) is 0 Å². The van der Waals surface area contributed by atoms with Gasteiger partial charge in [0.1, 0.15) is 5.75 Å². The molecule has 0 unspecified atom stereocenters. The van der Waals surface area contributed by atoms with E-state index < -0.39 is 0 Å². The molecule has 0 atom stereocenters. The van der Waals surface area contributed by atoms with Crippen LogP contribution in [0.15, 0.2) is 53.3 Å². The highest BCUT2D eigenvalue weighted by Gasteiger charge is 2.05. The molecule has 19 heavy (non-hydrogen) atoms. The monoisotopic (exact) mass is 334 g/mol. The SMILES string of the molecule is Clc1nccnc1Oc1ccc2cc(Br)ccc2c1. The Morgan fingerprint density at radius 1 is 0.947 bits per heavy atom. The maximum Gasteiger partial charge on any atom is 0.257 e. The summed E-state index contributed by atoms with van der Waals surface area (Å²) in [6, 6.07) is 11.9. The van der Waals surface area contributed by atoms with Crippen molar-refractivity contribution in [2.75, 3.05) is 0 Å². The van der Waals surface area contributed by atoms with Crippen LogP contribution in [0.25, 0.3) is 10.8 Å². The molecule has 3 rings (SSSR count). The quantitative estimate of drug-likeness (QED) is 0.672. The third kappa shape index (κ3) is 2.69. The fourth-order valence-corrected chi connectivity index (χ4v) is 2.27. The van der Waals surface area contributed by atoms with E-state index in [9.17, 15) is 0 Å². The first-order valence-corrected chi connectivity index (χ1v) is 6.73. The fourth-order valence-electron chi connectivity index (χ4n) is 1.75. The van der Waals surface area contributed by atoms with E-state index in [0.29, 0.717) is 11.6 Å². The average molecular weight is 336 g/mol. The Morgan fingerprint density at radius 2 is 1.68 bits per heavy atom. The van der Waals surface area contributed by atoms with E-state index in [-0.39, 0.29) is 5.15 Å². The highest BCUT2D eigenvalue weighted by atomic mass is 79.9. The zero-order valence-corrected chi connectivity index (χ0v) is 12.0. The predicted octanol–water partition coefficient (Wildman–Crippen LogP) is 4.84. The summed E-state index contributed by atoms with van der Waals surface area (Å²) in [5.74, 6) is 0.984. The molecule has 0 aliphatic rings. The first-order valence-electron chi connectivity index (χ1n) is 5.56. The van der Waals surface area contributed by atoms with E-state index >= 15 is 0 Å². The molecule has 94 valence electrons. The zero-order valence-electron chi connectivity index (χ0n) is 9.68. The maximum atomic E-state index is 5.91. The second kappa shape index (κ2) is 5.15. The first kappa shape index (κ1) is 12.4. The molecule has 0 N–H and O–H groups in total. The summed E-state index contributed by atoms with van der Waals surface area (Å²) in [7, 11) is 0. The second-order valence-corrected chi connectivity index (χ2v) is 5.18. The summed E-state index contributed by atoms with van der Waals surface area (Å²) in [6.45, 7) is 0. The van der Waals surface area contributed by atoms with Gasteiger partial charge < -0.3 is 4.74 Å². The van der Waals surface area contributed by atoms with Gasteiger partial charge in [-0.2, -0.15) is 0 Å². The molecule has 3 nitrogen and oxygen atoms in total. The van der Waals surface area contributed by atoms with E-state index in [2.05, 4.69) is 32.0 Å². The van der Waals surface area contributed by atoms with E-state index in [0.717, 1.165) is 15.2 Å². The number of halogens is 2. The lowest BCUT2D eigenvalue weighted by Crippen LogP contribution is -1.90. The van der Waals surface area contributed by atoms with Crippen LogP contribution in [0, 0.1) is 0 Å². The van der Waals surface area contributed by atoms with Crippen LogP contribution in [0.5, 0.6) is 11.6 Å². The molecule has 0 radical (unpaired) electrons. The number of benzene rings is 2. The minimum atomic E-state index is 0.249. The molecular formula is C14H8BrClN2O. The van der Waals surface area contributed by atoms with Gasteiger partial charge >= 0.3 is 0 Å². The number of nitrogens with zero attached hydrogens (tertiary/aromatic N) is 2. The van der Waals surface area contributed by atoms with Crippen LogP contribution < -0.4 is 4.74 Å². The molecule has 1 heterocycles. The number of aromatic nitrogens is 2.